The van der Waals surface area contributed by atoms with Crippen LogP contribution < -0.4 is 5.73 Å². The first-order valence-electron chi connectivity index (χ1n) is 4.67. The van der Waals surface area contributed by atoms with Crippen LogP contribution in [0.4, 0.5) is 4.79 Å². The summed E-state index contributed by atoms with van der Waals surface area (Å²) in [5, 5.41) is 7.82. The van der Waals surface area contributed by atoms with Crippen LogP contribution in [0.3, 0.4) is 0 Å². The fourth-order valence-electron chi connectivity index (χ4n) is 2.15. The lowest BCUT2D eigenvalue weighted by Crippen LogP contribution is -2.44. The van der Waals surface area contributed by atoms with Gasteiger partial charge in [-0.2, -0.15) is 5.11 Å². The quantitative estimate of drug-likeness (QED) is 0.638. The Balaban J connectivity index is 2.48. The molecule has 6 heteroatoms. The van der Waals surface area contributed by atoms with Gasteiger partial charge in [0.05, 0.1) is 6.04 Å². The van der Waals surface area contributed by atoms with Crippen molar-refractivity contribution in [3.05, 3.63) is 11.3 Å². The smallest absolute Gasteiger partial charge is 0.322 e. The largest absolute Gasteiger partial charge is 0.351 e. The minimum Gasteiger partial charge on any atom is -0.351 e. The Kier molecular flexibility index (Phi) is 1.74. The lowest BCUT2D eigenvalue weighted by molar-refractivity contribution is -0.123. The van der Waals surface area contributed by atoms with E-state index >= 15 is 0 Å². The molecule has 2 rings (SSSR count). The second-order valence-electron chi connectivity index (χ2n) is 4.21. The van der Waals surface area contributed by atoms with Crippen molar-refractivity contribution in [2.75, 3.05) is 0 Å². The first-order valence-corrected chi connectivity index (χ1v) is 4.67. The fraction of sp³-hybridized carbons (Fsp3) is 0.556. The first kappa shape index (κ1) is 9.82. The Morgan fingerprint density at radius 1 is 1.53 bits per heavy atom. The predicted molar refractivity (Wildman–Crippen MR) is 51.9 cm³/mol. The van der Waals surface area contributed by atoms with Crippen molar-refractivity contribution in [3.8, 4) is 0 Å². The van der Waals surface area contributed by atoms with Gasteiger partial charge in [0.2, 0.25) is 0 Å². The van der Waals surface area contributed by atoms with Crippen molar-refractivity contribution in [1.29, 1.82) is 0 Å². The molecular weight excluding hydrogens is 196 g/mol. The van der Waals surface area contributed by atoms with Crippen LogP contribution in [0.2, 0.25) is 0 Å². The molecule has 0 spiro atoms. The standard InChI is InChI=1S/C9H12N4O2/c1-4-5-6(11-12-9(5,2)3)7(14)13(4)8(10)15/h4H,1-3H3,(H2,10,15). The summed E-state index contributed by atoms with van der Waals surface area (Å²) in [6.07, 6.45) is 0. The molecule has 0 aromatic rings. The average molecular weight is 208 g/mol. The van der Waals surface area contributed by atoms with Gasteiger partial charge in [0.25, 0.3) is 5.91 Å². The highest BCUT2D eigenvalue weighted by Crippen LogP contribution is 2.40. The van der Waals surface area contributed by atoms with Crippen molar-refractivity contribution in [2.45, 2.75) is 32.4 Å². The van der Waals surface area contributed by atoms with Gasteiger partial charge in [-0.3, -0.25) is 9.69 Å². The zero-order valence-corrected chi connectivity index (χ0v) is 8.81. The molecule has 2 heterocycles. The molecule has 1 unspecified atom stereocenters. The van der Waals surface area contributed by atoms with Gasteiger partial charge in [-0.05, 0) is 20.8 Å². The van der Waals surface area contributed by atoms with E-state index in [0.717, 1.165) is 10.5 Å². The number of hydrogen-bond acceptors (Lipinski definition) is 4. The highest BCUT2D eigenvalue weighted by Gasteiger charge is 2.48. The van der Waals surface area contributed by atoms with Crippen LogP contribution in [-0.2, 0) is 4.79 Å². The molecule has 1 atom stereocenters. The van der Waals surface area contributed by atoms with Crippen LogP contribution in [0.5, 0.6) is 0 Å². The van der Waals surface area contributed by atoms with E-state index in [0.29, 0.717) is 0 Å². The molecule has 2 aliphatic rings. The maximum absolute atomic E-state index is 11.7. The summed E-state index contributed by atoms with van der Waals surface area (Å²) in [6, 6.07) is -1.09. The summed E-state index contributed by atoms with van der Waals surface area (Å²) in [5.74, 6) is -0.445. The van der Waals surface area contributed by atoms with E-state index in [2.05, 4.69) is 10.2 Å². The molecule has 2 N–H and O–H groups in total. The Labute approximate surface area is 86.8 Å². The molecule has 0 saturated carbocycles. The monoisotopic (exact) mass is 208 g/mol. The second-order valence-corrected chi connectivity index (χ2v) is 4.21. The Hall–Kier alpha value is -1.72. The van der Waals surface area contributed by atoms with Gasteiger partial charge in [-0.15, -0.1) is 5.11 Å². The maximum atomic E-state index is 11.7. The number of nitrogens with two attached hydrogens (primary N) is 1. The molecule has 80 valence electrons. The van der Waals surface area contributed by atoms with Crippen LogP contribution in [0.25, 0.3) is 0 Å². The summed E-state index contributed by atoms with van der Waals surface area (Å²) in [4.78, 5) is 23.9. The van der Waals surface area contributed by atoms with Gasteiger partial charge in [0, 0.05) is 5.57 Å². The van der Waals surface area contributed by atoms with Gasteiger partial charge in [0.15, 0.2) is 5.70 Å². The molecule has 0 aromatic carbocycles. The number of hydrogen-bond donors (Lipinski definition) is 1. The molecule has 0 fully saturated rings. The van der Waals surface area contributed by atoms with Gasteiger partial charge in [-0.25, -0.2) is 4.79 Å². The van der Waals surface area contributed by atoms with E-state index < -0.39 is 17.5 Å². The van der Waals surface area contributed by atoms with E-state index in [1.807, 2.05) is 13.8 Å². The molecule has 0 aromatic heterocycles. The molecular formula is C9H12N4O2. The third kappa shape index (κ3) is 1.10. The Bertz CT molecular complexity index is 422. The van der Waals surface area contributed by atoms with Crippen LogP contribution in [0, 0.1) is 0 Å². The van der Waals surface area contributed by atoms with Gasteiger partial charge in [-0.1, -0.05) is 0 Å². The molecule has 2 aliphatic heterocycles. The topological polar surface area (TPSA) is 88.1 Å². The zero-order valence-electron chi connectivity index (χ0n) is 8.81. The van der Waals surface area contributed by atoms with Crippen molar-refractivity contribution in [1.82, 2.24) is 4.90 Å². The number of azo groups is 1. The SMILES string of the molecule is CC1C2=C(N=NC2(C)C)C(=O)N1C(N)=O. The van der Waals surface area contributed by atoms with E-state index in [-0.39, 0.29) is 11.7 Å². The Morgan fingerprint density at radius 2 is 2.13 bits per heavy atom. The van der Waals surface area contributed by atoms with Crippen LogP contribution in [0.1, 0.15) is 20.8 Å². The lowest BCUT2D eigenvalue weighted by Gasteiger charge is -2.25. The molecule has 0 aliphatic carbocycles. The average Bonchev–Trinajstić information content (AvgIpc) is 2.52. The minimum absolute atomic E-state index is 0.270. The number of carbonyl (C=O) groups is 2. The number of imide groups is 1. The zero-order chi connectivity index (χ0) is 11.4. The number of carbonyl (C=O) groups excluding carboxylic acids is 2. The highest BCUT2D eigenvalue weighted by molar-refractivity contribution is 6.07. The van der Waals surface area contributed by atoms with Gasteiger partial charge in [0.1, 0.15) is 5.54 Å². The predicted octanol–water partition coefficient (Wildman–Crippen LogP) is 0.794. The molecule has 6 nitrogen and oxygen atoms in total. The van der Waals surface area contributed by atoms with E-state index in [9.17, 15) is 9.59 Å². The van der Waals surface area contributed by atoms with Gasteiger partial charge >= 0.3 is 6.03 Å². The van der Waals surface area contributed by atoms with Gasteiger partial charge < -0.3 is 5.73 Å². The first-order chi connectivity index (χ1) is 6.86. The third-order valence-electron chi connectivity index (χ3n) is 2.78. The van der Waals surface area contributed by atoms with Crippen LogP contribution >= 0.6 is 0 Å². The molecule has 3 amide bonds. The number of primary amides is 1. The lowest BCUT2D eigenvalue weighted by atomic mass is 9.91. The number of rotatable bonds is 0. The summed E-state index contributed by atoms with van der Waals surface area (Å²) < 4.78 is 0. The summed E-state index contributed by atoms with van der Waals surface area (Å²) >= 11 is 0. The number of urea groups is 1. The van der Waals surface area contributed by atoms with Crippen molar-refractivity contribution in [3.63, 3.8) is 0 Å². The molecule has 0 bridgehead atoms. The third-order valence-corrected chi connectivity index (χ3v) is 2.78. The van der Waals surface area contributed by atoms with E-state index in [4.69, 9.17) is 5.73 Å². The number of amides is 3. The van der Waals surface area contributed by atoms with Crippen molar-refractivity contribution >= 4 is 11.9 Å². The van der Waals surface area contributed by atoms with E-state index in [1.54, 1.807) is 6.92 Å². The summed E-state index contributed by atoms with van der Waals surface area (Å²) in [5.41, 5.74) is 5.66. The van der Waals surface area contributed by atoms with Crippen LogP contribution in [-0.4, -0.2) is 28.4 Å². The summed E-state index contributed by atoms with van der Waals surface area (Å²) in [6.45, 7) is 5.46. The van der Waals surface area contributed by atoms with Crippen molar-refractivity contribution < 1.29 is 9.59 Å². The normalized spacial score (nSPS) is 27.5. The molecule has 15 heavy (non-hydrogen) atoms. The Morgan fingerprint density at radius 3 is 2.60 bits per heavy atom. The molecule has 0 saturated heterocycles. The fourth-order valence-corrected chi connectivity index (χ4v) is 2.15. The second kappa shape index (κ2) is 2.65. The summed E-state index contributed by atoms with van der Waals surface area (Å²) in [7, 11) is 0. The van der Waals surface area contributed by atoms with Crippen molar-refractivity contribution in [2.24, 2.45) is 16.0 Å². The molecule has 0 radical (unpaired) electrons. The minimum atomic E-state index is -0.743. The highest BCUT2D eigenvalue weighted by atomic mass is 16.2. The van der Waals surface area contributed by atoms with Crippen LogP contribution in [0.15, 0.2) is 21.5 Å². The number of nitrogens with zero attached hydrogens (tertiary/aromatic N) is 3. The maximum Gasteiger partial charge on any atom is 0.322 e. The van der Waals surface area contributed by atoms with E-state index in [1.165, 1.54) is 0 Å².